The Hall–Kier alpha value is -1.36. The average Bonchev–Trinajstić information content (AvgIpc) is 2.50. The number of rotatable bonds is 7. The van der Waals surface area contributed by atoms with Gasteiger partial charge in [0.2, 0.25) is 0 Å². The van der Waals surface area contributed by atoms with Crippen LogP contribution >= 0.6 is 15.9 Å². The van der Waals surface area contributed by atoms with Crippen LogP contribution in [0.5, 0.6) is 0 Å². The van der Waals surface area contributed by atoms with Gasteiger partial charge in [0.15, 0.2) is 0 Å². The first-order chi connectivity index (χ1) is 10.2. The van der Waals surface area contributed by atoms with Gasteiger partial charge in [0, 0.05) is 23.2 Å². The molecular formula is C17H20BrNO2. The quantitative estimate of drug-likeness (QED) is 0.807. The van der Waals surface area contributed by atoms with Crippen molar-refractivity contribution in [3.63, 3.8) is 0 Å². The maximum atomic E-state index is 9.21. The third kappa shape index (κ3) is 4.56. The van der Waals surface area contributed by atoms with E-state index in [9.17, 15) is 10.2 Å². The Morgan fingerprint density at radius 1 is 0.857 bits per heavy atom. The van der Waals surface area contributed by atoms with Crippen molar-refractivity contribution in [2.24, 2.45) is 0 Å². The van der Waals surface area contributed by atoms with Gasteiger partial charge >= 0.3 is 0 Å². The van der Waals surface area contributed by atoms with Crippen LogP contribution in [0, 0.1) is 0 Å². The van der Waals surface area contributed by atoms with E-state index in [2.05, 4.69) is 34.1 Å². The number of anilines is 1. The van der Waals surface area contributed by atoms with Crippen LogP contribution in [0.3, 0.4) is 0 Å². The first-order valence-electron chi connectivity index (χ1n) is 7.03. The molecule has 0 saturated carbocycles. The van der Waals surface area contributed by atoms with Gasteiger partial charge in [0.1, 0.15) is 0 Å². The predicted molar refractivity (Wildman–Crippen MR) is 89.8 cm³/mol. The van der Waals surface area contributed by atoms with Gasteiger partial charge in [-0.25, -0.2) is 0 Å². The molecule has 112 valence electrons. The van der Waals surface area contributed by atoms with E-state index in [1.165, 1.54) is 11.1 Å². The lowest BCUT2D eigenvalue weighted by Crippen LogP contribution is -2.30. The number of halogens is 1. The fourth-order valence-corrected chi connectivity index (χ4v) is 2.65. The summed E-state index contributed by atoms with van der Waals surface area (Å²) in [6.07, 6.45) is 0.830. The third-order valence-electron chi connectivity index (χ3n) is 3.38. The molecule has 0 fully saturated rings. The van der Waals surface area contributed by atoms with Gasteiger partial charge in [-0.1, -0.05) is 46.3 Å². The molecule has 4 heteroatoms. The van der Waals surface area contributed by atoms with Crippen LogP contribution in [-0.4, -0.2) is 36.5 Å². The molecule has 0 spiro atoms. The van der Waals surface area contributed by atoms with Crippen molar-refractivity contribution in [2.75, 3.05) is 31.2 Å². The van der Waals surface area contributed by atoms with Gasteiger partial charge in [-0.15, -0.1) is 0 Å². The first kappa shape index (κ1) is 16.0. The molecule has 2 rings (SSSR count). The summed E-state index contributed by atoms with van der Waals surface area (Å²) in [6, 6.07) is 16.4. The molecule has 21 heavy (non-hydrogen) atoms. The standard InChI is InChI=1S/C17H20BrNO2/c18-16-7-5-14(6-8-16)13-15-3-1-2-4-17(15)19(9-11-20)10-12-21/h1-8,20-21H,9-13H2. The molecule has 2 N–H and O–H groups in total. The Bertz CT molecular complexity index is 551. The normalized spacial score (nSPS) is 10.6. The minimum atomic E-state index is 0.0760. The first-order valence-corrected chi connectivity index (χ1v) is 7.83. The lowest BCUT2D eigenvalue weighted by Gasteiger charge is -2.25. The van der Waals surface area contributed by atoms with Crippen LogP contribution < -0.4 is 4.90 Å². The maximum absolute atomic E-state index is 9.21. The van der Waals surface area contributed by atoms with Crippen molar-refractivity contribution < 1.29 is 10.2 Å². The van der Waals surface area contributed by atoms with Crippen LogP contribution in [0.2, 0.25) is 0 Å². The maximum Gasteiger partial charge on any atom is 0.0606 e. The van der Waals surface area contributed by atoms with E-state index >= 15 is 0 Å². The molecule has 3 nitrogen and oxygen atoms in total. The highest BCUT2D eigenvalue weighted by atomic mass is 79.9. The van der Waals surface area contributed by atoms with Crippen molar-refractivity contribution in [1.82, 2.24) is 0 Å². The molecule has 0 radical (unpaired) electrons. The van der Waals surface area contributed by atoms with E-state index in [0.29, 0.717) is 13.1 Å². The summed E-state index contributed by atoms with van der Waals surface area (Å²) in [5.41, 5.74) is 3.50. The van der Waals surface area contributed by atoms with Gasteiger partial charge in [-0.2, -0.15) is 0 Å². The number of aliphatic hydroxyl groups excluding tert-OH is 2. The third-order valence-corrected chi connectivity index (χ3v) is 3.91. The van der Waals surface area contributed by atoms with Gasteiger partial charge in [-0.3, -0.25) is 0 Å². The summed E-state index contributed by atoms with van der Waals surface area (Å²) >= 11 is 3.45. The molecule has 0 aliphatic heterocycles. The van der Waals surface area contributed by atoms with E-state index in [-0.39, 0.29) is 13.2 Å². The highest BCUT2D eigenvalue weighted by molar-refractivity contribution is 9.10. The predicted octanol–water partition coefficient (Wildman–Crippen LogP) is 2.83. The van der Waals surface area contributed by atoms with Crippen molar-refractivity contribution in [2.45, 2.75) is 6.42 Å². The zero-order chi connectivity index (χ0) is 15.1. The number of aliphatic hydroxyl groups is 2. The van der Waals surface area contributed by atoms with Gasteiger partial charge in [0.05, 0.1) is 13.2 Å². The van der Waals surface area contributed by atoms with Crippen LogP contribution in [0.25, 0.3) is 0 Å². The summed E-state index contributed by atoms with van der Waals surface area (Å²) in [4.78, 5) is 2.02. The number of hydrogen-bond acceptors (Lipinski definition) is 3. The zero-order valence-corrected chi connectivity index (χ0v) is 13.5. The van der Waals surface area contributed by atoms with Crippen LogP contribution in [0.15, 0.2) is 53.0 Å². The summed E-state index contributed by atoms with van der Waals surface area (Å²) in [6.45, 7) is 1.20. The SMILES string of the molecule is OCCN(CCO)c1ccccc1Cc1ccc(Br)cc1. The van der Waals surface area contributed by atoms with E-state index in [1.807, 2.05) is 35.2 Å². The largest absolute Gasteiger partial charge is 0.395 e. The van der Waals surface area contributed by atoms with Crippen LogP contribution in [-0.2, 0) is 6.42 Å². The lowest BCUT2D eigenvalue weighted by molar-refractivity contribution is 0.281. The summed E-state index contributed by atoms with van der Waals surface area (Å²) in [5.74, 6) is 0. The average molecular weight is 350 g/mol. The van der Waals surface area contributed by atoms with Gasteiger partial charge < -0.3 is 15.1 Å². The number of benzene rings is 2. The molecule has 0 aromatic heterocycles. The molecule has 0 saturated heterocycles. The Balaban J connectivity index is 2.24. The van der Waals surface area contributed by atoms with Gasteiger partial charge in [0.25, 0.3) is 0 Å². The molecular weight excluding hydrogens is 330 g/mol. The Morgan fingerprint density at radius 3 is 2.10 bits per heavy atom. The van der Waals surface area contributed by atoms with Crippen molar-refractivity contribution in [3.05, 3.63) is 64.1 Å². The fraction of sp³-hybridized carbons (Fsp3) is 0.294. The monoisotopic (exact) mass is 349 g/mol. The summed E-state index contributed by atoms with van der Waals surface area (Å²) < 4.78 is 1.07. The molecule has 0 amide bonds. The van der Waals surface area contributed by atoms with Crippen molar-refractivity contribution in [3.8, 4) is 0 Å². The second-order valence-electron chi connectivity index (χ2n) is 4.87. The molecule has 0 aliphatic carbocycles. The molecule has 2 aromatic carbocycles. The van der Waals surface area contributed by atoms with Crippen LogP contribution in [0.4, 0.5) is 5.69 Å². The minimum Gasteiger partial charge on any atom is -0.395 e. The van der Waals surface area contributed by atoms with E-state index < -0.39 is 0 Å². The summed E-state index contributed by atoms with van der Waals surface area (Å²) in [5, 5.41) is 18.4. The number of para-hydroxylation sites is 1. The molecule has 0 heterocycles. The number of hydrogen-bond donors (Lipinski definition) is 2. The fourth-order valence-electron chi connectivity index (χ4n) is 2.39. The Morgan fingerprint density at radius 2 is 1.48 bits per heavy atom. The Labute approximate surface area is 134 Å². The molecule has 0 atom stereocenters. The van der Waals surface area contributed by atoms with E-state index in [4.69, 9.17) is 0 Å². The zero-order valence-electron chi connectivity index (χ0n) is 11.9. The highest BCUT2D eigenvalue weighted by Gasteiger charge is 2.10. The molecule has 0 bridgehead atoms. The van der Waals surface area contributed by atoms with Crippen molar-refractivity contribution in [1.29, 1.82) is 0 Å². The second kappa shape index (κ2) is 8.17. The lowest BCUT2D eigenvalue weighted by atomic mass is 10.0. The number of nitrogens with zero attached hydrogens (tertiary/aromatic N) is 1. The van der Waals surface area contributed by atoms with E-state index in [1.54, 1.807) is 0 Å². The van der Waals surface area contributed by atoms with Crippen LogP contribution in [0.1, 0.15) is 11.1 Å². The minimum absolute atomic E-state index is 0.0760. The molecule has 0 aliphatic rings. The summed E-state index contributed by atoms with van der Waals surface area (Å²) in [7, 11) is 0. The smallest absolute Gasteiger partial charge is 0.0606 e. The second-order valence-corrected chi connectivity index (χ2v) is 5.78. The van der Waals surface area contributed by atoms with Gasteiger partial charge in [-0.05, 0) is 35.7 Å². The molecule has 0 unspecified atom stereocenters. The van der Waals surface area contributed by atoms with E-state index in [0.717, 1.165) is 16.6 Å². The van der Waals surface area contributed by atoms with Crippen molar-refractivity contribution >= 4 is 21.6 Å². The topological polar surface area (TPSA) is 43.7 Å². The highest BCUT2D eigenvalue weighted by Crippen LogP contribution is 2.23. The Kier molecular flexibility index (Phi) is 6.23. The molecule has 2 aromatic rings.